The molecule has 0 saturated carbocycles. The third-order valence-corrected chi connectivity index (χ3v) is 2.08. The van der Waals surface area contributed by atoms with Crippen molar-refractivity contribution < 1.29 is 0 Å². The first-order valence-electron chi connectivity index (χ1n) is 3.08. The molecule has 0 radical (unpaired) electrons. The standard InChI is InChI=1S/C6H9ClN2S/c1-2-10-5-9-4-6(7)3-8-9/h3-4H,2,5H2,1H3. The molecule has 0 N–H and O–H groups in total. The van der Waals surface area contributed by atoms with Crippen LogP contribution in [-0.2, 0) is 5.88 Å². The fourth-order valence-electron chi connectivity index (χ4n) is 0.594. The molecule has 2 nitrogen and oxygen atoms in total. The largest absolute Gasteiger partial charge is 0.261 e. The van der Waals surface area contributed by atoms with Gasteiger partial charge in [0.05, 0.1) is 17.1 Å². The molecule has 0 spiro atoms. The SMILES string of the molecule is CCSCn1cc(Cl)cn1. The van der Waals surface area contributed by atoms with Crippen molar-refractivity contribution in [1.29, 1.82) is 0 Å². The van der Waals surface area contributed by atoms with E-state index in [2.05, 4.69) is 12.0 Å². The zero-order chi connectivity index (χ0) is 7.40. The summed E-state index contributed by atoms with van der Waals surface area (Å²) in [6.45, 7) is 2.12. The Morgan fingerprint density at radius 1 is 1.80 bits per heavy atom. The minimum Gasteiger partial charge on any atom is -0.261 e. The molecule has 0 aliphatic carbocycles. The molecule has 1 aromatic heterocycles. The van der Waals surface area contributed by atoms with Crippen molar-refractivity contribution >= 4 is 23.4 Å². The first kappa shape index (κ1) is 7.95. The lowest BCUT2D eigenvalue weighted by molar-refractivity contribution is 0.751. The Bertz CT molecular complexity index is 199. The number of hydrogen-bond acceptors (Lipinski definition) is 2. The summed E-state index contributed by atoms with van der Waals surface area (Å²) in [4.78, 5) is 0. The lowest BCUT2D eigenvalue weighted by Crippen LogP contribution is -1.93. The maximum atomic E-state index is 5.65. The van der Waals surface area contributed by atoms with Crippen LogP contribution in [0.2, 0.25) is 5.02 Å². The third-order valence-electron chi connectivity index (χ3n) is 1.03. The van der Waals surface area contributed by atoms with Crippen LogP contribution in [0.5, 0.6) is 0 Å². The molecule has 0 aliphatic rings. The molecule has 0 unspecified atom stereocenters. The minimum absolute atomic E-state index is 0.705. The van der Waals surface area contributed by atoms with E-state index in [9.17, 15) is 0 Å². The van der Waals surface area contributed by atoms with Crippen LogP contribution in [0, 0.1) is 0 Å². The van der Waals surface area contributed by atoms with Crippen molar-refractivity contribution in [3.05, 3.63) is 17.4 Å². The van der Waals surface area contributed by atoms with Crippen molar-refractivity contribution in [1.82, 2.24) is 9.78 Å². The third kappa shape index (κ3) is 2.23. The molecule has 0 aromatic carbocycles. The van der Waals surface area contributed by atoms with Gasteiger partial charge in [-0.2, -0.15) is 5.10 Å². The van der Waals surface area contributed by atoms with Gasteiger partial charge in [0.15, 0.2) is 0 Å². The van der Waals surface area contributed by atoms with Gasteiger partial charge in [-0.25, -0.2) is 0 Å². The second-order valence-electron chi connectivity index (χ2n) is 1.82. The number of hydrogen-bond donors (Lipinski definition) is 0. The molecule has 56 valence electrons. The smallest absolute Gasteiger partial charge is 0.0863 e. The van der Waals surface area contributed by atoms with Crippen LogP contribution in [0.4, 0.5) is 0 Å². The maximum Gasteiger partial charge on any atom is 0.0863 e. The Morgan fingerprint density at radius 3 is 3.10 bits per heavy atom. The van der Waals surface area contributed by atoms with Crippen LogP contribution in [-0.4, -0.2) is 15.5 Å². The van der Waals surface area contributed by atoms with Gasteiger partial charge in [0.1, 0.15) is 0 Å². The average Bonchev–Trinajstić information content (AvgIpc) is 2.31. The summed E-state index contributed by atoms with van der Waals surface area (Å²) in [5.74, 6) is 2.00. The lowest BCUT2D eigenvalue weighted by atomic mass is 10.7. The second-order valence-corrected chi connectivity index (χ2v) is 3.50. The molecule has 1 rings (SSSR count). The predicted molar refractivity (Wildman–Crippen MR) is 45.4 cm³/mol. The van der Waals surface area contributed by atoms with Crippen LogP contribution >= 0.6 is 23.4 Å². The topological polar surface area (TPSA) is 17.8 Å². The normalized spacial score (nSPS) is 10.2. The molecular weight excluding hydrogens is 168 g/mol. The average molecular weight is 177 g/mol. The van der Waals surface area contributed by atoms with E-state index >= 15 is 0 Å². The summed E-state index contributed by atoms with van der Waals surface area (Å²) in [5.41, 5.74) is 0. The van der Waals surface area contributed by atoms with Gasteiger partial charge >= 0.3 is 0 Å². The summed E-state index contributed by atoms with van der Waals surface area (Å²) in [5, 5.41) is 4.72. The first-order chi connectivity index (χ1) is 4.83. The van der Waals surface area contributed by atoms with Crippen molar-refractivity contribution in [3.8, 4) is 0 Å². The fourth-order valence-corrected chi connectivity index (χ4v) is 1.26. The Morgan fingerprint density at radius 2 is 2.60 bits per heavy atom. The maximum absolute atomic E-state index is 5.65. The first-order valence-corrected chi connectivity index (χ1v) is 4.62. The Kier molecular flexibility index (Phi) is 3.09. The summed E-state index contributed by atoms with van der Waals surface area (Å²) >= 11 is 7.46. The van der Waals surface area contributed by atoms with Gasteiger partial charge in [-0.1, -0.05) is 18.5 Å². The Labute approximate surface area is 69.6 Å². The van der Waals surface area contributed by atoms with Crippen molar-refractivity contribution in [3.63, 3.8) is 0 Å². The Hall–Kier alpha value is -0.150. The highest BCUT2D eigenvalue weighted by atomic mass is 35.5. The van der Waals surface area contributed by atoms with Gasteiger partial charge < -0.3 is 0 Å². The lowest BCUT2D eigenvalue weighted by Gasteiger charge is -1.96. The molecular formula is C6H9ClN2S. The zero-order valence-electron chi connectivity index (χ0n) is 5.75. The molecule has 0 saturated heterocycles. The van der Waals surface area contributed by atoms with E-state index in [1.165, 1.54) is 0 Å². The van der Waals surface area contributed by atoms with E-state index in [1.807, 2.05) is 22.6 Å². The molecule has 0 bridgehead atoms. The van der Waals surface area contributed by atoms with E-state index in [0.29, 0.717) is 5.02 Å². The van der Waals surface area contributed by atoms with Crippen LogP contribution < -0.4 is 0 Å². The van der Waals surface area contributed by atoms with Gasteiger partial charge in [0, 0.05) is 6.20 Å². The van der Waals surface area contributed by atoms with Crippen LogP contribution in [0.15, 0.2) is 12.4 Å². The van der Waals surface area contributed by atoms with Crippen LogP contribution in [0.25, 0.3) is 0 Å². The van der Waals surface area contributed by atoms with Crippen molar-refractivity contribution in [2.45, 2.75) is 12.8 Å². The molecule has 0 aliphatic heterocycles. The number of halogens is 1. The second kappa shape index (κ2) is 3.88. The van der Waals surface area contributed by atoms with Gasteiger partial charge in [-0.15, -0.1) is 11.8 Å². The van der Waals surface area contributed by atoms with Gasteiger partial charge in [-0.3, -0.25) is 4.68 Å². The summed E-state index contributed by atoms with van der Waals surface area (Å²) in [7, 11) is 0. The van der Waals surface area contributed by atoms with Crippen LogP contribution in [0.1, 0.15) is 6.92 Å². The molecule has 0 atom stereocenters. The van der Waals surface area contributed by atoms with E-state index in [1.54, 1.807) is 6.20 Å². The summed E-state index contributed by atoms with van der Waals surface area (Å²) < 4.78 is 1.83. The van der Waals surface area contributed by atoms with Crippen LogP contribution in [0.3, 0.4) is 0 Å². The fraction of sp³-hybridized carbons (Fsp3) is 0.500. The number of rotatable bonds is 3. The van der Waals surface area contributed by atoms with E-state index in [4.69, 9.17) is 11.6 Å². The number of thioether (sulfide) groups is 1. The summed E-state index contributed by atoms with van der Waals surface area (Å²) in [6, 6.07) is 0. The Balaban J connectivity index is 2.42. The highest BCUT2D eigenvalue weighted by molar-refractivity contribution is 7.98. The molecule has 0 fully saturated rings. The monoisotopic (exact) mass is 176 g/mol. The highest BCUT2D eigenvalue weighted by Gasteiger charge is 1.92. The predicted octanol–water partition coefficient (Wildman–Crippen LogP) is 2.25. The number of nitrogens with zero attached hydrogens (tertiary/aromatic N) is 2. The summed E-state index contributed by atoms with van der Waals surface area (Å²) in [6.07, 6.45) is 3.47. The molecule has 0 amide bonds. The highest BCUT2D eigenvalue weighted by Crippen LogP contribution is 2.08. The van der Waals surface area contributed by atoms with Crippen molar-refractivity contribution in [2.24, 2.45) is 0 Å². The number of aromatic nitrogens is 2. The van der Waals surface area contributed by atoms with E-state index in [-0.39, 0.29) is 0 Å². The van der Waals surface area contributed by atoms with E-state index < -0.39 is 0 Å². The minimum atomic E-state index is 0.705. The van der Waals surface area contributed by atoms with Gasteiger partial charge in [0.2, 0.25) is 0 Å². The molecule has 1 aromatic rings. The zero-order valence-corrected chi connectivity index (χ0v) is 7.32. The van der Waals surface area contributed by atoms with Crippen molar-refractivity contribution in [2.75, 3.05) is 5.75 Å². The molecule has 10 heavy (non-hydrogen) atoms. The van der Waals surface area contributed by atoms with E-state index in [0.717, 1.165) is 11.6 Å². The van der Waals surface area contributed by atoms with Gasteiger partial charge in [-0.05, 0) is 5.75 Å². The van der Waals surface area contributed by atoms with Gasteiger partial charge in [0.25, 0.3) is 0 Å². The quantitative estimate of drug-likeness (QED) is 0.703. The molecule has 4 heteroatoms. The molecule has 1 heterocycles.